The van der Waals surface area contributed by atoms with Crippen molar-refractivity contribution in [2.75, 3.05) is 5.32 Å². The number of carboxylic acid groups (broad SMARTS) is 1. The predicted molar refractivity (Wildman–Crippen MR) is 74.1 cm³/mol. The highest BCUT2D eigenvalue weighted by Gasteiger charge is 2.23. The number of nitrogens with one attached hydrogen (secondary N) is 1. The average Bonchev–Trinajstić information content (AvgIpc) is 2.76. The van der Waals surface area contributed by atoms with Gasteiger partial charge in [-0.05, 0) is 31.6 Å². The van der Waals surface area contributed by atoms with Gasteiger partial charge in [-0.2, -0.15) is 0 Å². The summed E-state index contributed by atoms with van der Waals surface area (Å²) in [6, 6.07) is 0.337. The van der Waals surface area contributed by atoms with Gasteiger partial charge in [-0.15, -0.1) is 0 Å². The molecule has 104 valence electrons. The number of ketones is 1. The molecule has 2 N–H and O–H groups in total. The maximum atomic E-state index is 11.4. The highest BCUT2D eigenvalue weighted by atomic mass is 32.1. The number of hydrogen-bond donors (Lipinski definition) is 2. The van der Waals surface area contributed by atoms with Crippen LogP contribution in [0.1, 0.15) is 59.7 Å². The van der Waals surface area contributed by atoms with Crippen LogP contribution in [-0.4, -0.2) is 27.9 Å². The van der Waals surface area contributed by atoms with E-state index in [4.69, 9.17) is 5.11 Å². The van der Waals surface area contributed by atoms with Crippen LogP contribution in [0.25, 0.3) is 0 Å². The van der Waals surface area contributed by atoms with Crippen molar-refractivity contribution >= 4 is 28.2 Å². The molecule has 1 heterocycles. The van der Waals surface area contributed by atoms with Crippen molar-refractivity contribution in [3.05, 3.63) is 10.6 Å². The Morgan fingerprint density at radius 3 is 2.42 bits per heavy atom. The van der Waals surface area contributed by atoms with Crippen LogP contribution in [0.15, 0.2) is 0 Å². The minimum atomic E-state index is -1.15. The van der Waals surface area contributed by atoms with Crippen molar-refractivity contribution < 1.29 is 14.7 Å². The molecular weight excluding hydrogens is 264 g/mol. The molecule has 0 atom stereocenters. The highest BCUT2D eigenvalue weighted by Crippen LogP contribution is 2.29. The molecule has 0 unspecified atom stereocenters. The normalized spacial score (nSPS) is 23.1. The third kappa shape index (κ3) is 3.32. The molecule has 2 rings (SSSR count). The van der Waals surface area contributed by atoms with Gasteiger partial charge in [0.25, 0.3) is 0 Å². The number of rotatable bonds is 4. The largest absolute Gasteiger partial charge is 0.476 e. The lowest BCUT2D eigenvalue weighted by Crippen LogP contribution is -2.25. The summed E-state index contributed by atoms with van der Waals surface area (Å²) in [7, 11) is 0. The van der Waals surface area contributed by atoms with Crippen LogP contribution < -0.4 is 5.32 Å². The SMILES string of the molecule is CC(=O)c1sc(NC2CCC(C)CC2)nc1C(=O)O. The quantitative estimate of drug-likeness (QED) is 0.830. The first-order valence-corrected chi connectivity index (χ1v) is 7.30. The summed E-state index contributed by atoms with van der Waals surface area (Å²) in [5.41, 5.74) is -0.135. The molecule has 1 saturated carbocycles. The topological polar surface area (TPSA) is 79.3 Å². The predicted octanol–water partition coefficient (Wildman–Crippen LogP) is 3.03. The zero-order valence-corrected chi connectivity index (χ0v) is 11.9. The first-order chi connectivity index (χ1) is 8.97. The third-order valence-electron chi connectivity index (χ3n) is 3.49. The van der Waals surface area contributed by atoms with E-state index in [1.54, 1.807) is 0 Å². The molecule has 6 heteroatoms. The molecule has 1 aromatic rings. The number of carboxylic acids is 1. The lowest BCUT2D eigenvalue weighted by molar-refractivity contribution is 0.0687. The van der Waals surface area contributed by atoms with E-state index in [1.165, 1.54) is 19.8 Å². The lowest BCUT2D eigenvalue weighted by atomic mass is 9.87. The molecule has 19 heavy (non-hydrogen) atoms. The van der Waals surface area contributed by atoms with Crippen molar-refractivity contribution in [1.29, 1.82) is 0 Å². The van der Waals surface area contributed by atoms with E-state index in [0.29, 0.717) is 11.2 Å². The van der Waals surface area contributed by atoms with E-state index < -0.39 is 5.97 Å². The number of hydrogen-bond acceptors (Lipinski definition) is 5. The first-order valence-electron chi connectivity index (χ1n) is 6.49. The van der Waals surface area contributed by atoms with Crippen molar-refractivity contribution in [2.45, 2.75) is 45.6 Å². The lowest BCUT2D eigenvalue weighted by Gasteiger charge is -2.26. The van der Waals surface area contributed by atoms with E-state index in [-0.39, 0.29) is 16.4 Å². The zero-order chi connectivity index (χ0) is 14.0. The van der Waals surface area contributed by atoms with Gasteiger partial charge in [0, 0.05) is 13.0 Å². The monoisotopic (exact) mass is 282 g/mol. The summed E-state index contributed by atoms with van der Waals surface area (Å²) < 4.78 is 0. The van der Waals surface area contributed by atoms with Crippen molar-refractivity contribution in [2.24, 2.45) is 5.92 Å². The van der Waals surface area contributed by atoms with Gasteiger partial charge in [-0.1, -0.05) is 18.3 Å². The molecule has 1 aliphatic carbocycles. The third-order valence-corrected chi connectivity index (χ3v) is 4.58. The van der Waals surface area contributed by atoms with E-state index in [2.05, 4.69) is 17.2 Å². The van der Waals surface area contributed by atoms with Gasteiger partial charge in [-0.25, -0.2) is 9.78 Å². The fourth-order valence-electron chi connectivity index (χ4n) is 2.34. The number of thiazole rings is 1. The number of aromatic nitrogens is 1. The van der Waals surface area contributed by atoms with E-state index in [0.717, 1.165) is 30.1 Å². The van der Waals surface area contributed by atoms with Gasteiger partial charge in [-0.3, -0.25) is 4.79 Å². The molecule has 0 radical (unpaired) electrons. The standard InChI is InChI=1S/C13H18N2O3S/c1-7-3-5-9(6-4-7)14-13-15-10(12(17)18)11(19-13)8(2)16/h7,9H,3-6H2,1-2H3,(H,14,15)(H,17,18). The highest BCUT2D eigenvalue weighted by molar-refractivity contribution is 7.17. The number of Topliss-reactive ketones (excluding diaryl/α,β-unsaturated/α-hetero) is 1. The van der Waals surface area contributed by atoms with Crippen molar-refractivity contribution in [3.8, 4) is 0 Å². The van der Waals surface area contributed by atoms with Crippen LogP contribution in [-0.2, 0) is 0 Å². The van der Waals surface area contributed by atoms with E-state index >= 15 is 0 Å². The van der Waals surface area contributed by atoms with Crippen LogP contribution in [0.4, 0.5) is 5.13 Å². The summed E-state index contributed by atoms with van der Waals surface area (Å²) >= 11 is 1.14. The number of nitrogens with zero attached hydrogens (tertiary/aromatic N) is 1. The van der Waals surface area contributed by atoms with Gasteiger partial charge >= 0.3 is 5.97 Å². The maximum Gasteiger partial charge on any atom is 0.356 e. The summed E-state index contributed by atoms with van der Waals surface area (Å²) in [6.07, 6.45) is 4.49. The number of anilines is 1. The van der Waals surface area contributed by atoms with Crippen LogP contribution in [0.5, 0.6) is 0 Å². The van der Waals surface area contributed by atoms with E-state index in [1.807, 2.05) is 0 Å². The molecule has 1 aliphatic rings. The van der Waals surface area contributed by atoms with Gasteiger partial charge in [0.1, 0.15) is 4.88 Å². The summed E-state index contributed by atoms with van der Waals surface area (Å²) in [4.78, 5) is 26.7. The van der Waals surface area contributed by atoms with Gasteiger partial charge in [0.15, 0.2) is 16.6 Å². The molecule has 0 amide bonds. The Balaban J connectivity index is 2.11. The summed E-state index contributed by atoms with van der Waals surface area (Å²) in [6.45, 7) is 3.61. The second kappa shape index (κ2) is 5.69. The molecule has 1 fully saturated rings. The molecule has 0 aromatic carbocycles. The first kappa shape index (κ1) is 14.0. The Morgan fingerprint density at radius 1 is 1.32 bits per heavy atom. The zero-order valence-electron chi connectivity index (χ0n) is 11.1. The van der Waals surface area contributed by atoms with Gasteiger partial charge in [0.05, 0.1) is 0 Å². The molecule has 1 aromatic heterocycles. The second-order valence-electron chi connectivity index (χ2n) is 5.16. The van der Waals surface area contributed by atoms with E-state index in [9.17, 15) is 9.59 Å². The fraction of sp³-hybridized carbons (Fsp3) is 0.615. The van der Waals surface area contributed by atoms with Crippen molar-refractivity contribution in [3.63, 3.8) is 0 Å². The molecule has 0 bridgehead atoms. The molecule has 5 nitrogen and oxygen atoms in total. The Kier molecular flexibility index (Phi) is 4.19. The van der Waals surface area contributed by atoms with Crippen LogP contribution in [0.2, 0.25) is 0 Å². The molecule has 0 saturated heterocycles. The fourth-order valence-corrected chi connectivity index (χ4v) is 3.27. The van der Waals surface area contributed by atoms with Crippen molar-refractivity contribution in [1.82, 2.24) is 4.98 Å². The Bertz CT molecular complexity index is 459. The van der Waals surface area contributed by atoms with Gasteiger partial charge in [0.2, 0.25) is 0 Å². The van der Waals surface area contributed by atoms with Gasteiger partial charge < -0.3 is 10.4 Å². The smallest absolute Gasteiger partial charge is 0.356 e. The van der Waals surface area contributed by atoms with Crippen LogP contribution in [0, 0.1) is 5.92 Å². The minimum Gasteiger partial charge on any atom is -0.476 e. The number of aromatic carboxylic acids is 1. The Morgan fingerprint density at radius 2 is 1.95 bits per heavy atom. The minimum absolute atomic E-state index is 0.135. The number of carbonyl (C=O) groups is 2. The average molecular weight is 282 g/mol. The number of carbonyl (C=O) groups excluding carboxylic acids is 1. The van der Waals surface area contributed by atoms with Crippen LogP contribution in [0.3, 0.4) is 0 Å². The molecule has 0 aliphatic heterocycles. The Labute approximate surface area is 116 Å². The van der Waals surface area contributed by atoms with Crippen LogP contribution >= 0.6 is 11.3 Å². The molecule has 0 spiro atoms. The summed E-state index contributed by atoms with van der Waals surface area (Å²) in [5, 5.41) is 12.8. The second-order valence-corrected chi connectivity index (χ2v) is 6.16. The molecular formula is C13H18N2O3S. The summed E-state index contributed by atoms with van der Waals surface area (Å²) in [5.74, 6) is -0.635. The maximum absolute atomic E-state index is 11.4. The Hall–Kier alpha value is -1.43.